The van der Waals surface area contributed by atoms with Gasteiger partial charge in [0.2, 0.25) is 0 Å². The first kappa shape index (κ1) is 70.5. The van der Waals surface area contributed by atoms with Crippen LogP contribution in [0.3, 0.4) is 0 Å². The number of rotatable bonds is 54. The molecule has 0 saturated heterocycles. The van der Waals surface area contributed by atoms with E-state index in [1.54, 1.807) is 0 Å². The Kier molecular flexibility index (Phi) is 58.4. The van der Waals surface area contributed by atoms with E-state index >= 15 is 0 Å². The predicted octanol–water partition coefficient (Wildman–Crippen LogP) is 21.0. The van der Waals surface area contributed by atoms with Gasteiger partial charge in [-0.1, -0.05) is 244 Å². The summed E-state index contributed by atoms with van der Waals surface area (Å²) in [5.74, 6) is -0.934. The average Bonchev–Trinajstić information content (AvgIpc) is 3.41. The molecular weight excluding hydrogens is 925 g/mol. The van der Waals surface area contributed by atoms with Gasteiger partial charge in [0.25, 0.3) is 0 Å². The standard InChI is InChI=1S/C69H112O6/c1-4-7-10-13-16-19-22-25-27-29-31-32-33-34-35-36-38-39-41-44-47-50-53-56-59-62-68(71)74-65-66(64-73-67(70)61-58-55-52-49-46-43-24-21-18-15-12-9-6-3)75-69(72)63-60-57-54-51-48-45-42-40-37-30-28-26-23-20-17-14-11-8-5-2/h7-8,10-11,16-17,19-21,24-28,31-32,34-35,37-40,66H,4-6,9,12-15,18,22-23,29-30,33,36,41-65H2,1-3H3/b10-7-,11-8-,19-16-,20-17-,24-21-,27-25-,28-26-,32-31-,35-34-,39-38-,40-37-. The van der Waals surface area contributed by atoms with Crippen molar-refractivity contribution in [1.82, 2.24) is 0 Å². The van der Waals surface area contributed by atoms with Crippen LogP contribution in [-0.2, 0) is 28.6 Å². The van der Waals surface area contributed by atoms with Crippen molar-refractivity contribution < 1.29 is 28.6 Å². The lowest BCUT2D eigenvalue weighted by molar-refractivity contribution is -0.167. The highest BCUT2D eigenvalue weighted by atomic mass is 16.6. The van der Waals surface area contributed by atoms with E-state index in [0.29, 0.717) is 19.3 Å². The number of esters is 3. The van der Waals surface area contributed by atoms with Crippen LogP contribution < -0.4 is 0 Å². The fourth-order valence-electron chi connectivity index (χ4n) is 8.08. The summed E-state index contributed by atoms with van der Waals surface area (Å²) in [5.41, 5.74) is 0. The van der Waals surface area contributed by atoms with Crippen molar-refractivity contribution in [3.8, 4) is 0 Å². The maximum absolute atomic E-state index is 12.9. The SMILES string of the molecule is CC/C=C\C/C=C\C/C=C\C/C=C\C/C=C\C/C=C\CCCCCCCCC(=O)OCC(COC(=O)CCCCCCC/C=C\CCCCCC)OC(=O)CCCCCCCC/C=C\C/C=C\C/C=C\C/C=C\CC. The van der Waals surface area contributed by atoms with Crippen molar-refractivity contribution in [3.05, 3.63) is 134 Å². The summed E-state index contributed by atoms with van der Waals surface area (Å²) in [6.45, 7) is 6.37. The van der Waals surface area contributed by atoms with E-state index in [2.05, 4.69) is 154 Å². The third-order valence-corrected chi connectivity index (χ3v) is 12.6. The van der Waals surface area contributed by atoms with E-state index in [1.165, 1.54) is 64.2 Å². The maximum Gasteiger partial charge on any atom is 0.306 e. The predicted molar refractivity (Wildman–Crippen MR) is 325 cm³/mol. The Bertz CT molecular complexity index is 1620. The second-order valence-electron chi connectivity index (χ2n) is 19.8. The Labute approximate surface area is 462 Å². The van der Waals surface area contributed by atoms with Crippen LogP contribution in [-0.4, -0.2) is 37.2 Å². The number of hydrogen-bond donors (Lipinski definition) is 0. The van der Waals surface area contributed by atoms with Crippen LogP contribution in [0.25, 0.3) is 0 Å². The van der Waals surface area contributed by atoms with Gasteiger partial charge in [-0.3, -0.25) is 14.4 Å². The van der Waals surface area contributed by atoms with Crippen LogP contribution in [0.1, 0.15) is 265 Å². The van der Waals surface area contributed by atoms with E-state index < -0.39 is 6.10 Å². The highest BCUT2D eigenvalue weighted by Gasteiger charge is 2.19. The number of carbonyl (C=O) groups excluding carboxylic acids is 3. The van der Waals surface area contributed by atoms with Crippen LogP contribution >= 0.6 is 0 Å². The first-order chi connectivity index (χ1) is 37.0. The molecule has 6 heteroatoms. The quantitative estimate of drug-likeness (QED) is 0.0261. The number of hydrogen-bond acceptors (Lipinski definition) is 6. The number of unbranched alkanes of at least 4 members (excludes halogenated alkanes) is 21. The van der Waals surface area contributed by atoms with Crippen LogP contribution in [0.2, 0.25) is 0 Å². The van der Waals surface area contributed by atoms with Crippen molar-refractivity contribution in [1.29, 1.82) is 0 Å². The Morgan fingerprint density at radius 1 is 0.280 bits per heavy atom. The van der Waals surface area contributed by atoms with Gasteiger partial charge in [0.15, 0.2) is 6.10 Å². The van der Waals surface area contributed by atoms with Crippen molar-refractivity contribution in [2.24, 2.45) is 0 Å². The second-order valence-corrected chi connectivity index (χ2v) is 19.8. The molecule has 0 bridgehead atoms. The highest BCUT2D eigenvalue weighted by Crippen LogP contribution is 2.14. The zero-order valence-electron chi connectivity index (χ0n) is 48.5. The van der Waals surface area contributed by atoms with Crippen molar-refractivity contribution in [3.63, 3.8) is 0 Å². The van der Waals surface area contributed by atoms with Crippen LogP contribution in [0, 0.1) is 0 Å². The molecule has 0 aliphatic rings. The summed E-state index contributed by atoms with van der Waals surface area (Å²) in [4.78, 5) is 38.3. The number of carbonyl (C=O) groups is 3. The molecule has 0 aliphatic heterocycles. The van der Waals surface area contributed by atoms with Crippen molar-refractivity contribution in [2.75, 3.05) is 13.2 Å². The van der Waals surface area contributed by atoms with Crippen LogP contribution in [0.4, 0.5) is 0 Å². The fraction of sp³-hybridized carbons (Fsp3) is 0.638. The molecule has 0 rings (SSSR count). The van der Waals surface area contributed by atoms with Crippen LogP contribution in [0.5, 0.6) is 0 Å². The molecule has 0 radical (unpaired) electrons. The van der Waals surface area contributed by atoms with Gasteiger partial charge in [-0.15, -0.1) is 0 Å². The molecule has 75 heavy (non-hydrogen) atoms. The molecule has 0 amide bonds. The van der Waals surface area contributed by atoms with E-state index in [1.807, 2.05) is 0 Å². The van der Waals surface area contributed by atoms with Crippen molar-refractivity contribution in [2.45, 2.75) is 271 Å². The van der Waals surface area contributed by atoms with Crippen molar-refractivity contribution >= 4 is 17.9 Å². The zero-order chi connectivity index (χ0) is 54.3. The van der Waals surface area contributed by atoms with Gasteiger partial charge in [-0.2, -0.15) is 0 Å². The fourth-order valence-corrected chi connectivity index (χ4v) is 8.08. The lowest BCUT2D eigenvalue weighted by Gasteiger charge is -2.18. The van der Waals surface area contributed by atoms with Gasteiger partial charge >= 0.3 is 17.9 Å². The highest BCUT2D eigenvalue weighted by molar-refractivity contribution is 5.71. The first-order valence-electron chi connectivity index (χ1n) is 30.7. The smallest absolute Gasteiger partial charge is 0.306 e. The molecule has 6 nitrogen and oxygen atoms in total. The Balaban J connectivity index is 4.43. The van der Waals surface area contributed by atoms with Gasteiger partial charge in [0, 0.05) is 19.3 Å². The summed E-state index contributed by atoms with van der Waals surface area (Å²) in [6, 6.07) is 0. The molecule has 0 aliphatic carbocycles. The summed E-state index contributed by atoms with van der Waals surface area (Å²) in [7, 11) is 0. The second kappa shape index (κ2) is 62.1. The first-order valence-corrected chi connectivity index (χ1v) is 30.7. The largest absolute Gasteiger partial charge is 0.462 e. The number of allylic oxidation sites excluding steroid dienone is 22. The van der Waals surface area contributed by atoms with Gasteiger partial charge in [-0.05, 0) is 135 Å². The monoisotopic (exact) mass is 1040 g/mol. The minimum Gasteiger partial charge on any atom is -0.462 e. The Morgan fingerprint density at radius 2 is 0.520 bits per heavy atom. The average molecular weight is 1040 g/mol. The molecule has 0 aromatic carbocycles. The Morgan fingerprint density at radius 3 is 0.827 bits per heavy atom. The summed E-state index contributed by atoms with van der Waals surface area (Å²) in [5, 5.41) is 0. The van der Waals surface area contributed by atoms with Gasteiger partial charge < -0.3 is 14.2 Å². The van der Waals surface area contributed by atoms with E-state index in [-0.39, 0.29) is 31.1 Å². The molecule has 0 aromatic heterocycles. The minimum atomic E-state index is -0.801. The zero-order valence-corrected chi connectivity index (χ0v) is 48.5. The topological polar surface area (TPSA) is 78.9 Å². The molecule has 0 spiro atoms. The molecule has 0 heterocycles. The third kappa shape index (κ3) is 60.3. The molecule has 0 fully saturated rings. The summed E-state index contributed by atoms with van der Waals surface area (Å²) in [6.07, 6.45) is 87.3. The minimum absolute atomic E-state index is 0.0967. The normalized spacial score (nSPS) is 13.1. The third-order valence-electron chi connectivity index (χ3n) is 12.6. The molecule has 1 unspecified atom stereocenters. The van der Waals surface area contributed by atoms with E-state index in [9.17, 15) is 14.4 Å². The molecule has 0 aromatic rings. The molecule has 424 valence electrons. The van der Waals surface area contributed by atoms with E-state index in [4.69, 9.17) is 14.2 Å². The molecule has 1 atom stereocenters. The van der Waals surface area contributed by atoms with Gasteiger partial charge in [-0.25, -0.2) is 0 Å². The maximum atomic E-state index is 12.9. The molecular formula is C69H112O6. The van der Waals surface area contributed by atoms with Gasteiger partial charge in [0.1, 0.15) is 13.2 Å². The van der Waals surface area contributed by atoms with Gasteiger partial charge in [0.05, 0.1) is 0 Å². The Hall–Kier alpha value is -4.45. The van der Waals surface area contributed by atoms with Crippen LogP contribution in [0.15, 0.2) is 134 Å². The molecule has 0 saturated carbocycles. The summed E-state index contributed by atoms with van der Waals surface area (Å²) < 4.78 is 16.9. The lowest BCUT2D eigenvalue weighted by atomic mass is 10.1. The summed E-state index contributed by atoms with van der Waals surface area (Å²) >= 11 is 0. The number of ether oxygens (including phenoxy) is 3. The lowest BCUT2D eigenvalue weighted by Crippen LogP contribution is -2.30. The van der Waals surface area contributed by atoms with E-state index in [0.717, 1.165) is 161 Å². The molecule has 0 N–H and O–H groups in total.